The lowest BCUT2D eigenvalue weighted by Crippen LogP contribution is -2.11. The Morgan fingerprint density at radius 1 is 1.50 bits per heavy atom. The van der Waals surface area contributed by atoms with Gasteiger partial charge in [-0.05, 0) is 13.3 Å². The summed E-state index contributed by atoms with van der Waals surface area (Å²) >= 11 is 0. The van der Waals surface area contributed by atoms with Crippen molar-refractivity contribution in [1.29, 1.82) is 0 Å². The van der Waals surface area contributed by atoms with Crippen LogP contribution in [-0.2, 0) is 20.1 Å². The lowest BCUT2D eigenvalue weighted by Gasteiger charge is -2.07. The highest BCUT2D eigenvalue weighted by molar-refractivity contribution is 5.59. The van der Waals surface area contributed by atoms with Crippen molar-refractivity contribution in [3.63, 3.8) is 0 Å². The summed E-state index contributed by atoms with van der Waals surface area (Å²) in [6.07, 6.45) is 2.43. The number of anilines is 1. The molecule has 2 aromatic rings. The summed E-state index contributed by atoms with van der Waals surface area (Å²) in [4.78, 5) is 10.8. The van der Waals surface area contributed by atoms with E-state index in [4.69, 9.17) is 0 Å². The first-order valence-electron chi connectivity index (χ1n) is 6.33. The van der Waals surface area contributed by atoms with Crippen LogP contribution in [0.15, 0.2) is 6.33 Å². The third kappa shape index (κ3) is 2.60. The zero-order valence-corrected chi connectivity index (χ0v) is 11.7. The molecule has 9 heteroatoms. The second-order valence-electron chi connectivity index (χ2n) is 4.47. The van der Waals surface area contributed by atoms with E-state index in [2.05, 4.69) is 20.6 Å². The van der Waals surface area contributed by atoms with Crippen LogP contribution in [-0.4, -0.2) is 29.5 Å². The molecule has 0 amide bonds. The summed E-state index contributed by atoms with van der Waals surface area (Å²) in [7, 11) is 1.82. The van der Waals surface area contributed by atoms with Gasteiger partial charge < -0.3 is 9.88 Å². The summed E-state index contributed by atoms with van der Waals surface area (Å²) in [5.41, 5.74) is 0.421. The first-order valence-corrected chi connectivity index (χ1v) is 6.33. The van der Waals surface area contributed by atoms with Crippen LogP contribution in [0.1, 0.15) is 24.9 Å². The van der Waals surface area contributed by atoms with Crippen LogP contribution < -0.4 is 5.32 Å². The fraction of sp³-hybridized carbons (Fsp3) is 0.545. The summed E-state index contributed by atoms with van der Waals surface area (Å²) in [6, 6.07) is 0. The van der Waals surface area contributed by atoms with Crippen LogP contribution in [0.5, 0.6) is 0 Å². The van der Waals surface area contributed by atoms with Crippen molar-refractivity contribution in [2.75, 3.05) is 5.32 Å². The van der Waals surface area contributed by atoms with Gasteiger partial charge in [0.2, 0.25) is 5.82 Å². The van der Waals surface area contributed by atoms with Crippen LogP contribution in [0.4, 0.5) is 11.5 Å². The highest BCUT2D eigenvalue weighted by Crippen LogP contribution is 2.28. The van der Waals surface area contributed by atoms with Crippen LogP contribution in [0.2, 0.25) is 0 Å². The average Bonchev–Trinajstić information content (AvgIpc) is 2.91. The highest BCUT2D eigenvalue weighted by atomic mass is 16.6. The van der Waals surface area contributed by atoms with E-state index >= 15 is 0 Å². The number of rotatable bonds is 6. The minimum Gasteiger partial charge on any atom is -0.357 e. The molecule has 0 atom stereocenters. The number of nitro groups is 1. The monoisotopic (exact) mass is 279 g/mol. The summed E-state index contributed by atoms with van der Waals surface area (Å²) in [6.45, 7) is 4.61. The van der Waals surface area contributed by atoms with E-state index < -0.39 is 4.92 Å². The minimum atomic E-state index is -0.409. The van der Waals surface area contributed by atoms with Crippen LogP contribution in [0.25, 0.3) is 0 Å². The number of nitrogens with zero attached hydrogens (tertiary/aromatic N) is 6. The van der Waals surface area contributed by atoms with E-state index in [1.807, 2.05) is 14.0 Å². The lowest BCUT2D eigenvalue weighted by atomic mass is 10.3. The quantitative estimate of drug-likeness (QED) is 0.630. The maximum atomic E-state index is 11.2. The van der Waals surface area contributed by atoms with Crippen LogP contribution in [0, 0.1) is 17.0 Å². The summed E-state index contributed by atoms with van der Waals surface area (Å²) in [5, 5.41) is 26.1. The minimum absolute atomic E-state index is 0.0145. The standard InChI is InChI=1S/C11H17N7O2/c1-4-5-17-11(10(18(19)20)8(2)15-17)12-6-9-14-13-7-16(9)3/h7,12H,4-6H2,1-3H3. The van der Waals surface area contributed by atoms with Crippen LogP contribution >= 0.6 is 0 Å². The molecule has 0 saturated carbocycles. The van der Waals surface area contributed by atoms with Crippen LogP contribution in [0.3, 0.4) is 0 Å². The lowest BCUT2D eigenvalue weighted by molar-refractivity contribution is -0.384. The maximum absolute atomic E-state index is 11.2. The van der Waals surface area contributed by atoms with Crippen molar-refractivity contribution >= 4 is 11.5 Å². The van der Waals surface area contributed by atoms with Gasteiger partial charge in [-0.3, -0.25) is 10.1 Å². The van der Waals surface area contributed by atoms with Crippen molar-refractivity contribution < 1.29 is 4.92 Å². The zero-order chi connectivity index (χ0) is 14.7. The summed E-state index contributed by atoms with van der Waals surface area (Å²) in [5.74, 6) is 1.11. The van der Waals surface area contributed by atoms with Gasteiger partial charge in [0.1, 0.15) is 12.0 Å². The molecule has 0 aromatic carbocycles. The van der Waals surface area contributed by atoms with Crippen molar-refractivity contribution in [2.45, 2.75) is 33.4 Å². The highest BCUT2D eigenvalue weighted by Gasteiger charge is 2.25. The molecule has 9 nitrogen and oxygen atoms in total. The molecule has 2 aromatic heterocycles. The average molecular weight is 279 g/mol. The predicted octanol–water partition coefficient (Wildman–Crippen LogP) is 1.25. The van der Waals surface area contributed by atoms with E-state index in [-0.39, 0.29) is 5.69 Å². The summed E-state index contributed by atoms with van der Waals surface area (Å²) < 4.78 is 3.38. The molecule has 0 saturated heterocycles. The fourth-order valence-corrected chi connectivity index (χ4v) is 1.97. The Labute approximate surface area is 115 Å². The molecule has 0 radical (unpaired) electrons. The van der Waals surface area contributed by atoms with Gasteiger partial charge in [0.05, 0.1) is 11.5 Å². The van der Waals surface area contributed by atoms with Crippen molar-refractivity contribution in [2.24, 2.45) is 7.05 Å². The molecule has 108 valence electrons. The number of nitrogens with one attached hydrogen (secondary N) is 1. The molecule has 2 rings (SSSR count). The molecule has 2 heterocycles. The van der Waals surface area contributed by atoms with Gasteiger partial charge in [-0.25, -0.2) is 4.68 Å². The molecule has 0 aliphatic carbocycles. The van der Waals surface area contributed by atoms with E-state index in [1.165, 1.54) is 0 Å². The van der Waals surface area contributed by atoms with Gasteiger partial charge in [0, 0.05) is 13.6 Å². The normalized spacial score (nSPS) is 10.8. The predicted molar refractivity (Wildman–Crippen MR) is 72.2 cm³/mol. The Morgan fingerprint density at radius 3 is 2.80 bits per heavy atom. The van der Waals surface area contributed by atoms with Gasteiger partial charge in [-0.1, -0.05) is 6.92 Å². The Balaban J connectivity index is 2.28. The van der Waals surface area contributed by atoms with E-state index in [0.29, 0.717) is 30.4 Å². The first-order chi connectivity index (χ1) is 9.54. The Hall–Kier alpha value is -2.45. The molecule has 0 aliphatic rings. The van der Waals surface area contributed by atoms with E-state index in [9.17, 15) is 10.1 Å². The third-order valence-corrected chi connectivity index (χ3v) is 2.93. The van der Waals surface area contributed by atoms with Gasteiger partial charge in [-0.15, -0.1) is 10.2 Å². The molecule has 0 fully saturated rings. The van der Waals surface area contributed by atoms with E-state index in [0.717, 1.165) is 6.42 Å². The molecular formula is C11H17N7O2. The number of aromatic nitrogens is 5. The van der Waals surface area contributed by atoms with Gasteiger partial charge >= 0.3 is 5.69 Å². The SMILES string of the molecule is CCCn1nc(C)c([N+](=O)[O-])c1NCc1nncn1C. The van der Waals surface area contributed by atoms with E-state index in [1.54, 1.807) is 22.5 Å². The first kappa shape index (κ1) is 14.0. The van der Waals surface area contributed by atoms with Gasteiger partial charge in [0.25, 0.3) is 0 Å². The smallest absolute Gasteiger partial charge is 0.333 e. The largest absolute Gasteiger partial charge is 0.357 e. The molecule has 0 spiro atoms. The van der Waals surface area contributed by atoms with Gasteiger partial charge in [0.15, 0.2) is 5.82 Å². The van der Waals surface area contributed by atoms with Gasteiger partial charge in [-0.2, -0.15) is 5.10 Å². The van der Waals surface area contributed by atoms with Crippen molar-refractivity contribution in [1.82, 2.24) is 24.5 Å². The Kier molecular flexibility index (Phi) is 3.97. The molecule has 20 heavy (non-hydrogen) atoms. The fourth-order valence-electron chi connectivity index (χ4n) is 1.97. The molecule has 0 unspecified atom stereocenters. The third-order valence-electron chi connectivity index (χ3n) is 2.93. The molecule has 1 N–H and O–H groups in total. The number of aryl methyl sites for hydroxylation is 3. The Morgan fingerprint density at radius 2 is 2.25 bits per heavy atom. The van der Waals surface area contributed by atoms with Crippen molar-refractivity contribution in [3.8, 4) is 0 Å². The molecule has 0 aliphatic heterocycles. The second-order valence-corrected chi connectivity index (χ2v) is 4.47. The zero-order valence-electron chi connectivity index (χ0n) is 11.7. The van der Waals surface area contributed by atoms with Crippen molar-refractivity contribution in [3.05, 3.63) is 28.0 Å². The second kappa shape index (κ2) is 5.68. The molecular weight excluding hydrogens is 262 g/mol. The Bertz CT molecular complexity index is 616. The number of hydrogen-bond donors (Lipinski definition) is 1. The maximum Gasteiger partial charge on any atom is 0.333 e. The topological polar surface area (TPSA) is 104 Å². The molecule has 0 bridgehead atoms. The number of hydrogen-bond acceptors (Lipinski definition) is 6.